The van der Waals surface area contributed by atoms with Crippen molar-refractivity contribution in [2.75, 3.05) is 83.2 Å². The lowest BCUT2D eigenvalue weighted by atomic mass is 9.90. The molecule has 0 unspecified atom stereocenters. The molecular formula is C25H34N6O4. The fourth-order valence-corrected chi connectivity index (χ4v) is 4.59. The first-order chi connectivity index (χ1) is 17.3. The van der Waals surface area contributed by atoms with E-state index in [2.05, 4.69) is 37.3 Å². The molecule has 188 valence electrons. The highest BCUT2D eigenvalue weighted by Gasteiger charge is 2.19. The molecule has 2 aromatic rings. The topological polar surface area (TPSA) is 93.6 Å². The van der Waals surface area contributed by atoms with Crippen molar-refractivity contribution >= 4 is 17.3 Å². The van der Waals surface area contributed by atoms with Crippen LogP contribution in [0, 0.1) is 0 Å². The van der Waals surface area contributed by atoms with E-state index in [1.165, 1.54) is 5.56 Å². The van der Waals surface area contributed by atoms with Crippen LogP contribution < -0.4 is 19.8 Å². The molecule has 10 heteroatoms. The molecule has 2 saturated heterocycles. The summed E-state index contributed by atoms with van der Waals surface area (Å²) in [7, 11) is 1.70. The molecule has 2 aliphatic heterocycles. The Hall–Kier alpha value is -2.95. The number of hydrogen-bond donors (Lipinski definition) is 1. The van der Waals surface area contributed by atoms with Gasteiger partial charge in [-0.05, 0) is 43.0 Å². The van der Waals surface area contributed by atoms with Gasteiger partial charge in [-0.3, -0.25) is 10.3 Å². The Morgan fingerprint density at radius 1 is 1.00 bits per heavy atom. The van der Waals surface area contributed by atoms with Crippen LogP contribution in [0.2, 0.25) is 0 Å². The van der Waals surface area contributed by atoms with Crippen molar-refractivity contribution < 1.29 is 18.9 Å². The van der Waals surface area contributed by atoms with Crippen molar-refractivity contribution in [1.82, 2.24) is 14.9 Å². The van der Waals surface area contributed by atoms with E-state index in [0.29, 0.717) is 31.6 Å². The number of methoxy groups -OCH3 is 1. The van der Waals surface area contributed by atoms with Crippen molar-refractivity contribution in [3.8, 4) is 11.8 Å². The van der Waals surface area contributed by atoms with Crippen LogP contribution in [0.5, 0.6) is 11.8 Å². The van der Waals surface area contributed by atoms with Crippen molar-refractivity contribution in [2.45, 2.75) is 19.3 Å². The standard InChI is InChI=1S/C25H34N6O4/c1-32-20-5-6-21-19(17-20)3-2-4-22(21)28-29-23-18-24(31-10-14-34-15-11-31)27-25(26-23)35-16-9-30-7-12-33-13-8-30/h5-6,17-18H,2-4,7-16H2,1H3,(H,26,27,29). The van der Waals surface area contributed by atoms with E-state index in [-0.39, 0.29) is 0 Å². The Balaban J connectivity index is 1.32. The van der Waals surface area contributed by atoms with E-state index in [0.717, 1.165) is 88.0 Å². The van der Waals surface area contributed by atoms with Crippen molar-refractivity contribution in [1.29, 1.82) is 0 Å². The maximum atomic E-state index is 5.99. The third-order valence-corrected chi connectivity index (χ3v) is 6.56. The highest BCUT2D eigenvalue weighted by molar-refractivity contribution is 6.03. The molecule has 35 heavy (non-hydrogen) atoms. The van der Waals surface area contributed by atoms with E-state index < -0.39 is 0 Å². The second kappa shape index (κ2) is 11.7. The third-order valence-electron chi connectivity index (χ3n) is 6.56. The summed E-state index contributed by atoms with van der Waals surface area (Å²) in [5.41, 5.74) is 6.63. The monoisotopic (exact) mass is 482 g/mol. The number of nitrogens with one attached hydrogen (secondary N) is 1. The summed E-state index contributed by atoms with van der Waals surface area (Å²) in [5, 5.41) is 4.75. The number of ether oxygens (including phenoxy) is 4. The lowest BCUT2D eigenvalue weighted by Gasteiger charge is -2.28. The molecule has 0 bridgehead atoms. The summed E-state index contributed by atoms with van der Waals surface area (Å²) in [6, 6.07) is 8.47. The average molecular weight is 483 g/mol. The van der Waals surface area contributed by atoms with Gasteiger partial charge >= 0.3 is 6.01 Å². The Bertz CT molecular complexity index is 1020. The van der Waals surface area contributed by atoms with Crippen LogP contribution in [0.4, 0.5) is 11.6 Å². The second-order valence-electron chi connectivity index (χ2n) is 8.84. The number of anilines is 2. The normalized spacial score (nSPS) is 19.9. The molecule has 0 radical (unpaired) electrons. The maximum Gasteiger partial charge on any atom is 0.320 e. The van der Waals surface area contributed by atoms with Gasteiger partial charge in [0.15, 0.2) is 5.82 Å². The number of benzene rings is 1. The average Bonchev–Trinajstić information content (AvgIpc) is 2.92. The molecule has 0 amide bonds. The van der Waals surface area contributed by atoms with Crippen LogP contribution in [0.1, 0.15) is 24.0 Å². The minimum absolute atomic E-state index is 0.360. The van der Waals surface area contributed by atoms with Gasteiger partial charge in [0.2, 0.25) is 0 Å². The van der Waals surface area contributed by atoms with Gasteiger partial charge < -0.3 is 23.8 Å². The number of morpholine rings is 2. The molecule has 3 aliphatic rings. The van der Waals surface area contributed by atoms with Crippen molar-refractivity contribution in [3.05, 3.63) is 35.4 Å². The van der Waals surface area contributed by atoms with Crippen LogP contribution >= 0.6 is 0 Å². The van der Waals surface area contributed by atoms with E-state index in [9.17, 15) is 0 Å². The summed E-state index contributed by atoms with van der Waals surface area (Å²) < 4.78 is 22.3. The summed E-state index contributed by atoms with van der Waals surface area (Å²) >= 11 is 0. The highest BCUT2D eigenvalue weighted by atomic mass is 16.5. The lowest BCUT2D eigenvalue weighted by molar-refractivity contribution is 0.0317. The Morgan fingerprint density at radius 3 is 2.60 bits per heavy atom. The van der Waals surface area contributed by atoms with Crippen LogP contribution in [0.15, 0.2) is 29.4 Å². The first-order valence-corrected chi connectivity index (χ1v) is 12.4. The second-order valence-corrected chi connectivity index (χ2v) is 8.84. The zero-order valence-corrected chi connectivity index (χ0v) is 20.4. The number of nitrogens with zero attached hydrogens (tertiary/aromatic N) is 5. The number of rotatable bonds is 8. The van der Waals surface area contributed by atoms with Gasteiger partial charge in [-0.15, -0.1) is 0 Å². The summed E-state index contributed by atoms with van der Waals surface area (Å²) in [5.74, 6) is 2.32. The summed E-state index contributed by atoms with van der Waals surface area (Å²) in [4.78, 5) is 13.8. The number of fused-ring (bicyclic) bond motifs is 1. The number of hydrogen-bond acceptors (Lipinski definition) is 10. The molecule has 1 aromatic heterocycles. The Kier molecular flexibility index (Phi) is 7.92. The van der Waals surface area contributed by atoms with Gasteiger partial charge in [-0.2, -0.15) is 15.1 Å². The van der Waals surface area contributed by atoms with Crippen LogP contribution in [-0.4, -0.2) is 93.4 Å². The van der Waals surface area contributed by atoms with Crippen molar-refractivity contribution in [3.63, 3.8) is 0 Å². The van der Waals surface area contributed by atoms with Crippen LogP contribution in [0.3, 0.4) is 0 Å². The molecule has 0 spiro atoms. The van der Waals surface area contributed by atoms with Gasteiger partial charge in [0, 0.05) is 44.4 Å². The van der Waals surface area contributed by atoms with Gasteiger partial charge in [0.1, 0.15) is 18.2 Å². The largest absolute Gasteiger partial charge is 0.497 e. The predicted molar refractivity (Wildman–Crippen MR) is 134 cm³/mol. The van der Waals surface area contributed by atoms with Gasteiger partial charge in [0.25, 0.3) is 0 Å². The number of hydrazone groups is 1. The fraction of sp³-hybridized carbons (Fsp3) is 0.560. The van der Waals surface area contributed by atoms with Crippen LogP contribution in [-0.2, 0) is 15.9 Å². The lowest BCUT2D eigenvalue weighted by Crippen LogP contribution is -2.39. The maximum absolute atomic E-state index is 5.99. The molecule has 3 heterocycles. The number of aryl methyl sites for hydroxylation is 1. The Labute approximate surface area is 206 Å². The van der Waals surface area contributed by atoms with Crippen LogP contribution in [0.25, 0.3) is 0 Å². The Morgan fingerprint density at radius 2 is 1.80 bits per heavy atom. The van der Waals surface area contributed by atoms with E-state index in [1.54, 1.807) is 7.11 Å². The quantitative estimate of drug-likeness (QED) is 0.568. The zero-order valence-electron chi connectivity index (χ0n) is 20.4. The SMILES string of the molecule is COc1ccc2c(c1)CCCC2=NNc1cc(N2CCOCC2)nc(OCCN2CCOCC2)n1. The van der Waals surface area contributed by atoms with E-state index >= 15 is 0 Å². The molecule has 1 aromatic carbocycles. The molecule has 2 fully saturated rings. The van der Waals surface area contributed by atoms with E-state index in [4.69, 9.17) is 24.0 Å². The van der Waals surface area contributed by atoms with Gasteiger partial charge in [-0.1, -0.05) is 0 Å². The molecule has 5 rings (SSSR count). The third kappa shape index (κ3) is 6.19. The molecule has 1 N–H and O–H groups in total. The fourth-order valence-electron chi connectivity index (χ4n) is 4.59. The highest BCUT2D eigenvalue weighted by Crippen LogP contribution is 2.26. The van der Waals surface area contributed by atoms with E-state index in [1.807, 2.05) is 12.1 Å². The van der Waals surface area contributed by atoms with Gasteiger partial charge in [0.05, 0.1) is 39.2 Å². The zero-order chi connectivity index (χ0) is 23.9. The van der Waals surface area contributed by atoms with Gasteiger partial charge in [-0.25, -0.2) is 0 Å². The minimum atomic E-state index is 0.360. The summed E-state index contributed by atoms with van der Waals surface area (Å²) in [6.45, 7) is 7.67. The number of aromatic nitrogens is 2. The molecule has 1 aliphatic carbocycles. The van der Waals surface area contributed by atoms with Crippen molar-refractivity contribution in [2.24, 2.45) is 5.10 Å². The molecule has 10 nitrogen and oxygen atoms in total. The first-order valence-electron chi connectivity index (χ1n) is 12.4. The molecule has 0 saturated carbocycles. The summed E-state index contributed by atoms with van der Waals surface area (Å²) in [6.07, 6.45) is 3.00. The smallest absolute Gasteiger partial charge is 0.320 e. The minimum Gasteiger partial charge on any atom is -0.497 e. The molecule has 0 atom stereocenters. The predicted octanol–water partition coefficient (Wildman–Crippen LogP) is 2.19. The first kappa shape index (κ1) is 23.8. The molecular weight excluding hydrogens is 448 g/mol.